The van der Waals surface area contributed by atoms with Crippen LogP contribution in [0.1, 0.15) is 55.8 Å². The number of piperazine rings is 1. The second-order valence-corrected chi connectivity index (χ2v) is 11.4. The second kappa shape index (κ2) is 8.56. The van der Waals surface area contributed by atoms with Crippen molar-refractivity contribution < 1.29 is 9.90 Å². The number of thioether (sulfide) groups is 1. The van der Waals surface area contributed by atoms with Crippen LogP contribution in [0.4, 0.5) is 5.82 Å². The number of anilines is 1. The summed E-state index contributed by atoms with van der Waals surface area (Å²) in [6.45, 7) is 6.19. The average Bonchev–Trinajstić information content (AvgIpc) is 2.74. The Labute approximate surface area is 190 Å². The van der Waals surface area contributed by atoms with Crippen LogP contribution in [0.5, 0.6) is 0 Å². The number of carbonyl (C=O) groups excluding carboxylic acids is 1. The molecular formula is C24H36N4O2S. The van der Waals surface area contributed by atoms with Crippen LogP contribution in [0.2, 0.25) is 0 Å². The molecule has 1 saturated heterocycles. The summed E-state index contributed by atoms with van der Waals surface area (Å²) < 4.78 is 0. The Morgan fingerprint density at radius 3 is 2.55 bits per heavy atom. The van der Waals surface area contributed by atoms with Gasteiger partial charge >= 0.3 is 0 Å². The molecule has 4 aliphatic carbocycles. The molecule has 1 aliphatic heterocycles. The molecule has 4 saturated carbocycles. The largest absolute Gasteiger partial charge is 0.390 e. The Kier molecular flexibility index (Phi) is 5.95. The van der Waals surface area contributed by atoms with Gasteiger partial charge in [-0.05, 0) is 81.2 Å². The van der Waals surface area contributed by atoms with E-state index in [4.69, 9.17) is 4.98 Å². The number of amides is 1. The van der Waals surface area contributed by atoms with Crippen molar-refractivity contribution in [2.24, 2.45) is 17.8 Å². The Bertz CT molecular complexity index is 810. The summed E-state index contributed by atoms with van der Waals surface area (Å²) in [6, 6.07) is 4.21. The number of nitrogens with zero attached hydrogens (tertiary/aromatic N) is 3. The highest BCUT2D eigenvalue weighted by atomic mass is 32.2. The van der Waals surface area contributed by atoms with Gasteiger partial charge < -0.3 is 20.2 Å². The van der Waals surface area contributed by atoms with Gasteiger partial charge in [-0.1, -0.05) is 6.92 Å². The number of aromatic nitrogens is 1. The Hall–Kier alpha value is -1.31. The van der Waals surface area contributed by atoms with Gasteiger partial charge in [0.15, 0.2) is 0 Å². The molecule has 2 heterocycles. The third kappa shape index (κ3) is 4.33. The first-order chi connectivity index (χ1) is 14.9. The van der Waals surface area contributed by atoms with Crippen molar-refractivity contribution in [3.05, 3.63) is 17.7 Å². The van der Waals surface area contributed by atoms with E-state index < -0.39 is 5.60 Å². The van der Waals surface area contributed by atoms with Crippen molar-refractivity contribution in [1.29, 1.82) is 0 Å². The summed E-state index contributed by atoms with van der Waals surface area (Å²) in [5.74, 6) is 3.45. The molecule has 170 valence electrons. The fourth-order valence-corrected chi connectivity index (χ4v) is 7.44. The number of likely N-dealkylation sites (N-methyl/N-ethyl adjacent to an activating group) is 1. The highest BCUT2D eigenvalue weighted by Crippen LogP contribution is 2.55. The zero-order valence-electron chi connectivity index (χ0n) is 18.8. The van der Waals surface area contributed by atoms with Gasteiger partial charge in [0, 0.05) is 32.2 Å². The van der Waals surface area contributed by atoms with Crippen molar-refractivity contribution in [2.45, 2.75) is 62.1 Å². The first-order valence-electron chi connectivity index (χ1n) is 12.0. The Morgan fingerprint density at radius 2 is 1.90 bits per heavy atom. The number of carbonyl (C=O) groups is 1. The van der Waals surface area contributed by atoms with Gasteiger partial charge in [-0.2, -0.15) is 0 Å². The highest BCUT2D eigenvalue weighted by Gasteiger charge is 2.55. The average molecular weight is 445 g/mol. The molecule has 0 spiro atoms. The molecule has 1 aromatic heterocycles. The van der Waals surface area contributed by atoms with Gasteiger partial charge in [-0.25, -0.2) is 4.98 Å². The molecule has 4 bridgehead atoms. The predicted molar refractivity (Wildman–Crippen MR) is 125 cm³/mol. The van der Waals surface area contributed by atoms with Crippen LogP contribution in [0.3, 0.4) is 0 Å². The van der Waals surface area contributed by atoms with Crippen LogP contribution in [0.15, 0.2) is 17.2 Å². The summed E-state index contributed by atoms with van der Waals surface area (Å²) in [4.78, 5) is 23.0. The van der Waals surface area contributed by atoms with Crippen LogP contribution in [-0.2, 0) is 0 Å². The maximum absolute atomic E-state index is 13.4. The summed E-state index contributed by atoms with van der Waals surface area (Å²) in [7, 11) is 2.16. The third-order valence-corrected chi connectivity index (χ3v) is 9.10. The van der Waals surface area contributed by atoms with Gasteiger partial charge in [-0.3, -0.25) is 4.79 Å². The monoisotopic (exact) mass is 444 g/mol. The number of rotatable bonds is 6. The quantitative estimate of drug-likeness (QED) is 0.658. The van der Waals surface area contributed by atoms with Gasteiger partial charge in [0.2, 0.25) is 0 Å². The lowest BCUT2D eigenvalue weighted by molar-refractivity contribution is -0.136. The normalized spacial score (nSPS) is 34.9. The molecule has 2 atom stereocenters. The lowest BCUT2D eigenvalue weighted by atomic mass is 9.52. The molecule has 6 rings (SSSR count). The predicted octanol–water partition coefficient (Wildman–Crippen LogP) is 3.00. The zero-order chi connectivity index (χ0) is 21.6. The van der Waals surface area contributed by atoms with E-state index in [1.807, 2.05) is 12.1 Å². The number of aliphatic hydroxyl groups is 1. The van der Waals surface area contributed by atoms with Gasteiger partial charge in [0.25, 0.3) is 5.91 Å². The van der Waals surface area contributed by atoms with Gasteiger partial charge in [0.1, 0.15) is 10.8 Å². The molecule has 6 nitrogen and oxygen atoms in total. The van der Waals surface area contributed by atoms with Gasteiger partial charge in [-0.15, -0.1) is 11.8 Å². The fraction of sp³-hybridized carbons (Fsp3) is 0.750. The molecule has 2 N–H and O–H groups in total. The first-order valence-corrected chi connectivity index (χ1v) is 13.0. The van der Waals surface area contributed by atoms with Crippen LogP contribution in [-0.4, -0.2) is 71.5 Å². The summed E-state index contributed by atoms with van der Waals surface area (Å²) in [5, 5.41) is 15.1. The number of hydrogen-bond donors (Lipinski definition) is 2. The minimum atomic E-state index is -0.467. The van der Waals surface area contributed by atoms with Crippen LogP contribution >= 0.6 is 11.8 Å². The minimum absolute atomic E-state index is 0.0143. The maximum atomic E-state index is 13.4. The molecule has 0 aromatic carbocycles. The zero-order valence-corrected chi connectivity index (χ0v) is 19.7. The number of nitrogens with one attached hydrogen (secondary N) is 1. The highest BCUT2D eigenvalue weighted by molar-refractivity contribution is 7.99. The summed E-state index contributed by atoms with van der Waals surface area (Å²) in [5.41, 5.74) is 0.245. The third-order valence-electron chi connectivity index (χ3n) is 7.90. The van der Waals surface area contributed by atoms with Gasteiger partial charge in [0.05, 0.1) is 11.2 Å². The van der Waals surface area contributed by atoms with Crippen LogP contribution in [0.25, 0.3) is 0 Å². The van der Waals surface area contributed by atoms with Crippen molar-refractivity contribution in [3.63, 3.8) is 0 Å². The van der Waals surface area contributed by atoms with Crippen LogP contribution < -0.4 is 10.2 Å². The molecule has 1 amide bonds. The summed E-state index contributed by atoms with van der Waals surface area (Å²) in [6.07, 6.45) is 6.03. The molecule has 1 aromatic rings. The number of pyridine rings is 1. The van der Waals surface area contributed by atoms with E-state index in [1.54, 1.807) is 11.8 Å². The smallest absolute Gasteiger partial charge is 0.254 e. The van der Waals surface area contributed by atoms with E-state index in [0.717, 1.165) is 81.3 Å². The maximum Gasteiger partial charge on any atom is 0.254 e. The minimum Gasteiger partial charge on any atom is -0.390 e. The first kappa shape index (κ1) is 21.5. The van der Waals surface area contributed by atoms with Crippen LogP contribution in [0, 0.1) is 17.8 Å². The summed E-state index contributed by atoms with van der Waals surface area (Å²) >= 11 is 1.70. The molecule has 0 radical (unpaired) electrons. The molecule has 2 unspecified atom stereocenters. The molecule has 5 fully saturated rings. The standard InChI is InChI=1S/C24H36N4O2S/c1-3-10-31-23-19(4-5-20(25-23)28-8-6-27(2)7-9-28)22(29)26-21-17-11-16-12-18(21)15-24(30,13-16)14-17/h4-5,16-18,21,30H,3,6-15H2,1-2H3,(H,26,29). The van der Waals surface area contributed by atoms with E-state index in [-0.39, 0.29) is 11.9 Å². The van der Waals surface area contributed by atoms with E-state index in [9.17, 15) is 9.90 Å². The topological polar surface area (TPSA) is 68.7 Å². The molecule has 31 heavy (non-hydrogen) atoms. The SMILES string of the molecule is CCCSc1nc(N2CCN(C)CC2)ccc1C(=O)NC1C2CC3CC1CC(O)(C3)C2. The lowest BCUT2D eigenvalue weighted by Gasteiger charge is -2.58. The van der Waals surface area contributed by atoms with Crippen molar-refractivity contribution in [1.82, 2.24) is 15.2 Å². The van der Waals surface area contributed by atoms with E-state index in [2.05, 4.69) is 29.1 Å². The number of hydrogen-bond acceptors (Lipinski definition) is 6. The lowest BCUT2D eigenvalue weighted by Crippen LogP contribution is -2.61. The second-order valence-electron chi connectivity index (χ2n) is 10.4. The molecular weight excluding hydrogens is 408 g/mol. The van der Waals surface area contributed by atoms with Crippen molar-refractivity contribution >= 4 is 23.5 Å². The fourth-order valence-electron chi connectivity index (χ4n) is 6.57. The van der Waals surface area contributed by atoms with Crippen molar-refractivity contribution in [3.8, 4) is 0 Å². The Balaban J connectivity index is 1.33. The van der Waals surface area contributed by atoms with Crippen molar-refractivity contribution in [2.75, 3.05) is 43.9 Å². The molecule has 7 heteroatoms. The van der Waals surface area contributed by atoms with E-state index >= 15 is 0 Å². The molecule has 5 aliphatic rings. The Morgan fingerprint density at radius 1 is 1.19 bits per heavy atom. The van der Waals surface area contributed by atoms with E-state index in [1.165, 1.54) is 0 Å². The van der Waals surface area contributed by atoms with E-state index in [0.29, 0.717) is 23.3 Å².